The average Bonchev–Trinajstić information content (AvgIpc) is 2.93. The van der Waals surface area contributed by atoms with Crippen molar-refractivity contribution in [1.82, 2.24) is 10.3 Å². The van der Waals surface area contributed by atoms with E-state index < -0.39 is 11.9 Å². The average molecular weight is 365 g/mol. The fourth-order valence-corrected chi connectivity index (χ4v) is 2.82. The van der Waals surface area contributed by atoms with E-state index in [2.05, 4.69) is 10.3 Å². The predicted octanol–water partition coefficient (Wildman–Crippen LogP) is 3.59. The van der Waals surface area contributed by atoms with Gasteiger partial charge in [0.25, 0.3) is 5.91 Å². The first-order valence-electron chi connectivity index (χ1n) is 8.72. The number of amides is 1. The summed E-state index contributed by atoms with van der Waals surface area (Å²) in [5.74, 6) is -0.901. The highest BCUT2D eigenvalue weighted by Gasteiger charge is 2.20. The summed E-state index contributed by atoms with van der Waals surface area (Å²) in [5, 5.41) is 12.2. The second-order valence-corrected chi connectivity index (χ2v) is 6.16. The first-order valence-corrected chi connectivity index (χ1v) is 8.72. The highest BCUT2D eigenvalue weighted by molar-refractivity contribution is 6.02. The molecule has 2 N–H and O–H groups in total. The molecule has 1 heterocycles. The minimum Gasteiger partial charge on any atom is -0.462 e. The molecule has 1 aromatic heterocycles. The molecule has 0 bridgehead atoms. The third-order valence-corrected chi connectivity index (χ3v) is 4.26. The van der Waals surface area contributed by atoms with Crippen LogP contribution in [0.1, 0.15) is 52.8 Å². The molecule has 6 nitrogen and oxygen atoms in total. The van der Waals surface area contributed by atoms with E-state index in [-0.39, 0.29) is 18.2 Å². The lowest BCUT2D eigenvalue weighted by Gasteiger charge is -2.13. The second-order valence-electron chi connectivity index (χ2n) is 6.16. The third-order valence-electron chi connectivity index (χ3n) is 4.26. The zero-order valence-electron chi connectivity index (χ0n) is 15.9. The Hall–Kier alpha value is -3.33. The largest absolute Gasteiger partial charge is 0.462 e. The quantitative estimate of drug-likeness (QED) is 0.464. The number of nitriles is 1. The van der Waals surface area contributed by atoms with Gasteiger partial charge in [-0.05, 0) is 44.9 Å². The van der Waals surface area contributed by atoms with Gasteiger partial charge in [0.15, 0.2) is 0 Å². The third kappa shape index (κ3) is 4.64. The van der Waals surface area contributed by atoms with E-state index >= 15 is 0 Å². The maximum Gasteiger partial charge on any atom is 0.340 e. The minimum atomic E-state index is -0.474. The van der Waals surface area contributed by atoms with Gasteiger partial charge in [0, 0.05) is 11.4 Å². The molecule has 1 atom stereocenters. The van der Waals surface area contributed by atoms with Crippen molar-refractivity contribution in [3.05, 3.63) is 64.0 Å². The van der Waals surface area contributed by atoms with Gasteiger partial charge in [0.1, 0.15) is 11.6 Å². The molecule has 140 valence electrons. The SMILES string of the molecule is CCOC(=O)c1c(C)[nH]c(/C=C(\C#N)C(=O)N[C@@H](C)c2ccccc2)c1C. The molecule has 0 saturated carbocycles. The molecular formula is C21H23N3O3. The van der Waals surface area contributed by atoms with E-state index in [1.54, 1.807) is 20.8 Å². The number of aromatic nitrogens is 1. The number of carbonyl (C=O) groups is 2. The minimum absolute atomic E-state index is 0.0439. The number of aryl methyl sites for hydroxylation is 1. The number of hydrogen-bond donors (Lipinski definition) is 2. The van der Waals surface area contributed by atoms with Crippen LogP contribution in [0.3, 0.4) is 0 Å². The smallest absolute Gasteiger partial charge is 0.340 e. The number of aromatic amines is 1. The summed E-state index contributed by atoms with van der Waals surface area (Å²) in [6.07, 6.45) is 1.46. The van der Waals surface area contributed by atoms with Crippen LogP contribution in [-0.4, -0.2) is 23.5 Å². The van der Waals surface area contributed by atoms with E-state index in [4.69, 9.17) is 4.74 Å². The number of benzene rings is 1. The van der Waals surface area contributed by atoms with E-state index in [1.165, 1.54) is 6.08 Å². The summed E-state index contributed by atoms with van der Waals surface area (Å²) in [4.78, 5) is 27.6. The summed E-state index contributed by atoms with van der Waals surface area (Å²) in [6, 6.07) is 11.2. The summed E-state index contributed by atoms with van der Waals surface area (Å²) in [5.41, 5.74) is 3.14. The Morgan fingerprint density at radius 2 is 1.96 bits per heavy atom. The number of carbonyl (C=O) groups excluding carboxylic acids is 2. The molecule has 0 aliphatic rings. The fourth-order valence-electron chi connectivity index (χ4n) is 2.82. The van der Waals surface area contributed by atoms with Crippen LogP contribution in [-0.2, 0) is 9.53 Å². The zero-order chi connectivity index (χ0) is 20.0. The van der Waals surface area contributed by atoms with E-state index in [1.807, 2.05) is 43.3 Å². The maximum atomic E-state index is 12.5. The molecule has 0 radical (unpaired) electrons. The Morgan fingerprint density at radius 3 is 2.56 bits per heavy atom. The van der Waals surface area contributed by atoms with Crippen molar-refractivity contribution in [1.29, 1.82) is 5.26 Å². The lowest BCUT2D eigenvalue weighted by atomic mass is 10.1. The fraction of sp³-hybridized carbons (Fsp3) is 0.286. The molecule has 0 aliphatic heterocycles. The van der Waals surface area contributed by atoms with Crippen molar-refractivity contribution in [3.63, 3.8) is 0 Å². The Balaban J connectivity index is 2.26. The van der Waals surface area contributed by atoms with Crippen molar-refractivity contribution in [2.75, 3.05) is 6.61 Å². The van der Waals surface area contributed by atoms with Gasteiger partial charge in [-0.15, -0.1) is 0 Å². The van der Waals surface area contributed by atoms with Gasteiger partial charge in [-0.1, -0.05) is 30.3 Å². The number of nitrogens with one attached hydrogen (secondary N) is 2. The molecule has 2 rings (SSSR count). The molecule has 0 spiro atoms. The summed E-state index contributed by atoms with van der Waals surface area (Å²) in [6.45, 7) is 7.37. The van der Waals surface area contributed by atoms with Crippen LogP contribution in [0.15, 0.2) is 35.9 Å². The number of esters is 1. The van der Waals surface area contributed by atoms with Gasteiger partial charge in [-0.2, -0.15) is 5.26 Å². The number of rotatable bonds is 6. The molecule has 0 aliphatic carbocycles. The first kappa shape index (κ1) is 20.0. The van der Waals surface area contributed by atoms with Crippen molar-refractivity contribution in [3.8, 4) is 6.07 Å². The number of ether oxygens (including phenoxy) is 1. The Kier molecular flexibility index (Phi) is 6.56. The summed E-state index contributed by atoms with van der Waals surface area (Å²) in [7, 11) is 0. The Morgan fingerprint density at radius 1 is 1.30 bits per heavy atom. The molecule has 6 heteroatoms. The van der Waals surface area contributed by atoms with Crippen molar-refractivity contribution < 1.29 is 14.3 Å². The summed E-state index contributed by atoms with van der Waals surface area (Å²) >= 11 is 0. The van der Waals surface area contributed by atoms with Crippen LogP contribution >= 0.6 is 0 Å². The normalized spacial score (nSPS) is 12.2. The number of H-pyrrole nitrogens is 1. The van der Waals surface area contributed by atoms with Crippen LogP contribution in [0.25, 0.3) is 6.08 Å². The topological polar surface area (TPSA) is 95.0 Å². The van der Waals surface area contributed by atoms with Gasteiger partial charge in [-0.25, -0.2) is 4.79 Å². The van der Waals surface area contributed by atoms with Gasteiger partial charge in [-0.3, -0.25) is 4.79 Å². The molecular weight excluding hydrogens is 342 g/mol. The van der Waals surface area contributed by atoms with E-state index in [9.17, 15) is 14.9 Å². The second kappa shape index (κ2) is 8.86. The van der Waals surface area contributed by atoms with Crippen LogP contribution in [0, 0.1) is 25.2 Å². The lowest BCUT2D eigenvalue weighted by Crippen LogP contribution is -2.27. The predicted molar refractivity (Wildman–Crippen MR) is 103 cm³/mol. The lowest BCUT2D eigenvalue weighted by molar-refractivity contribution is -0.117. The van der Waals surface area contributed by atoms with Gasteiger partial charge in [0.05, 0.1) is 18.2 Å². The van der Waals surface area contributed by atoms with E-state index in [0.717, 1.165) is 5.56 Å². The molecule has 0 fully saturated rings. The number of nitrogens with zero attached hydrogens (tertiary/aromatic N) is 1. The van der Waals surface area contributed by atoms with Crippen molar-refractivity contribution in [2.45, 2.75) is 33.7 Å². The van der Waals surface area contributed by atoms with Crippen LogP contribution in [0.2, 0.25) is 0 Å². The zero-order valence-corrected chi connectivity index (χ0v) is 15.9. The highest BCUT2D eigenvalue weighted by Crippen LogP contribution is 2.21. The van der Waals surface area contributed by atoms with Crippen molar-refractivity contribution >= 4 is 18.0 Å². The molecule has 2 aromatic rings. The molecule has 1 aromatic carbocycles. The van der Waals surface area contributed by atoms with Crippen LogP contribution in [0.4, 0.5) is 0 Å². The Labute approximate surface area is 158 Å². The van der Waals surface area contributed by atoms with E-state index in [0.29, 0.717) is 22.5 Å². The molecule has 0 unspecified atom stereocenters. The first-order chi connectivity index (χ1) is 12.9. The summed E-state index contributed by atoms with van der Waals surface area (Å²) < 4.78 is 5.06. The van der Waals surface area contributed by atoms with Crippen LogP contribution in [0.5, 0.6) is 0 Å². The van der Waals surface area contributed by atoms with Gasteiger partial charge < -0.3 is 15.0 Å². The highest BCUT2D eigenvalue weighted by atomic mass is 16.5. The van der Waals surface area contributed by atoms with Gasteiger partial charge >= 0.3 is 5.97 Å². The maximum absolute atomic E-state index is 12.5. The molecule has 0 saturated heterocycles. The Bertz CT molecular complexity index is 905. The standard InChI is InChI=1S/C21H23N3O3/c1-5-27-21(26)19-13(2)18(23-15(19)4)11-17(12-22)20(25)24-14(3)16-9-7-6-8-10-16/h6-11,14,23H,5H2,1-4H3,(H,24,25)/b17-11+/t14-/m0/s1. The monoisotopic (exact) mass is 365 g/mol. The molecule has 27 heavy (non-hydrogen) atoms. The molecule has 1 amide bonds. The number of hydrogen-bond acceptors (Lipinski definition) is 4. The van der Waals surface area contributed by atoms with Gasteiger partial charge in [0.2, 0.25) is 0 Å². The van der Waals surface area contributed by atoms with Crippen LogP contribution < -0.4 is 5.32 Å². The van der Waals surface area contributed by atoms with Crippen molar-refractivity contribution in [2.24, 2.45) is 0 Å².